The van der Waals surface area contributed by atoms with Crippen LogP contribution in [-0.2, 0) is 0 Å². The number of nitrogens with two attached hydrogens (primary N) is 1. The summed E-state index contributed by atoms with van der Waals surface area (Å²) in [6.07, 6.45) is 0. The SMILES string of the molecule is C=C(C)COc1ccc(Br)cc1N. The molecular formula is C10H12BrNO. The topological polar surface area (TPSA) is 35.2 Å². The van der Waals surface area contributed by atoms with Gasteiger partial charge in [0.2, 0.25) is 0 Å². The molecule has 0 amide bonds. The van der Waals surface area contributed by atoms with Gasteiger partial charge in [-0.25, -0.2) is 0 Å². The van der Waals surface area contributed by atoms with Crippen LogP contribution in [0.4, 0.5) is 5.69 Å². The molecule has 0 bridgehead atoms. The average Bonchev–Trinajstić information content (AvgIpc) is 2.02. The van der Waals surface area contributed by atoms with Gasteiger partial charge in [0.1, 0.15) is 12.4 Å². The number of rotatable bonds is 3. The molecule has 0 spiro atoms. The maximum atomic E-state index is 5.72. The van der Waals surface area contributed by atoms with E-state index in [4.69, 9.17) is 10.5 Å². The van der Waals surface area contributed by atoms with E-state index in [1.807, 2.05) is 25.1 Å². The highest BCUT2D eigenvalue weighted by atomic mass is 79.9. The largest absolute Gasteiger partial charge is 0.487 e. The third kappa shape index (κ3) is 3.11. The van der Waals surface area contributed by atoms with Crippen LogP contribution >= 0.6 is 15.9 Å². The summed E-state index contributed by atoms with van der Waals surface area (Å²) in [5.74, 6) is 0.700. The van der Waals surface area contributed by atoms with Crippen LogP contribution in [0.25, 0.3) is 0 Å². The standard InChI is InChI=1S/C10H12BrNO/c1-7(2)6-13-10-4-3-8(11)5-9(10)12/h3-5H,1,6,12H2,2H3. The Kier molecular flexibility index (Phi) is 3.37. The van der Waals surface area contributed by atoms with Crippen LogP contribution in [0, 0.1) is 0 Å². The van der Waals surface area contributed by atoms with Gasteiger partial charge in [0.15, 0.2) is 0 Å². The van der Waals surface area contributed by atoms with Gasteiger partial charge >= 0.3 is 0 Å². The molecule has 0 unspecified atom stereocenters. The maximum Gasteiger partial charge on any atom is 0.142 e. The summed E-state index contributed by atoms with van der Waals surface area (Å²) in [6.45, 7) is 6.16. The Morgan fingerprint density at radius 1 is 1.62 bits per heavy atom. The number of hydrogen-bond donors (Lipinski definition) is 1. The first kappa shape index (κ1) is 10.1. The van der Waals surface area contributed by atoms with Gasteiger partial charge in [0.05, 0.1) is 5.69 Å². The molecule has 0 saturated heterocycles. The molecule has 0 aliphatic carbocycles. The van der Waals surface area contributed by atoms with Gasteiger partial charge in [0, 0.05) is 4.47 Å². The molecule has 0 atom stereocenters. The van der Waals surface area contributed by atoms with Crippen molar-refractivity contribution >= 4 is 21.6 Å². The maximum absolute atomic E-state index is 5.72. The molecule has 0 saturated carbocycles. The smallest absolute Gasteiger partial charge is 0.142 e. The molecule has 1 aromatic carbocycles. The molecule has 0 radical (unpaired) electrons. The summed E-state index contributed by atoms with van der Waals surface area (Å²) in [6, 6.07) is 5.54. The first-order valence-electron chi connectivity index (χ1n) is 3.92. The van der Waals surface area contributed by atoms with E-state index in [2.05, 4.69) is 22.5 Å². The van der Waals surface area contributed by atoms with Gasteiger partial charge in [-0.3, -0.25) is 0 Å². The van der Waals surface area contributed by atoms with E-state index < -0.39 is 0 Å². The Morgan fingerprint density at radius 2 is 2.31 bits per heavy atom. The number of hydrogen-bond acceptors (Lipinski definition) is 2. The van der Waals surface area contributed by atoms with Crippen LogP contribution < -0.4 is 10.5 Å². The molecule has 1 aromatic rings. The number of anilines is 1. The van der Waals surface area contributed by atoms with E-state index in [1.54, 1.807) is 0 Å². The Labute approximate surface area is 86.5 Å². The third-order valence-corrected chi connectivity index (χ3v) is 1.94. The lowest BCUT2D eigenvalue weighted by Gasteiger charge is -2.08. The third-order valence-electron chi connectivity index (χ3n) is 1.45. The second kappa shape index (κ2) is 4.33. The molecular weight excluding hydrogens is 230 g/mol. The van der Waals surface area contributed by atoms with Gasteiger partial charge in [-0.1, -0.05) is 22.5 Å². The zero-order chi connectivity index (χ0) is 9.84. The second-order valence-electron chi connectivity index (χ2n) is 2.93. The highest BCUT2D eigenvalue weighted by Gasteiger charge is 1.99. The van der Waals surface area contributed by atoms with Gasteiger partial charge < -0.3 is 10.5 Å². The van der Waals surface area contributed by atoms with Crippen molar-refractivity contribution in [1.82, 2.24) is 0 Å². The highest BCUT2D eigenvalue weighted by Crippen LogP contribution is 2.25. The van der Waals surface area contributed by atoms with Crippen molar-refractivity contribution in [3.05, 3.63) is 34.8 Å². The second-order valence-corrected chi connectivity index (χ2v) is 3.84. The summed E-state index contributed by atoms with van der Waals surface area (Å²) in [4.78, 5) is 0. The van der Waals surface area contributed by atoms with Crippen LogP contribution in [0.3, 0.4) is 0 Å². The van der Waals surface area contributed by atoms with Crippen LogP contribution in [0.1, 0.15) is 6.92 Å². The zero-order valence-electron chi connectivity index (χ0n) is 7.51. The predicted molar refractivity (Wildman–Crippen MR) is 58.9 cm³/mol. The number of halogens is 1. The molecule has 0 aromatic heterocycles. The fourth-order valence-electron chi connectivity index (χ4n) is 0.852. The molecule has 70 valence electrons. The van der Waals surface area contributed by atoms with Crippen LogP contribution in [0.2, 0.25) is 0 Å². The van der Waals surface area contributed by atoms with Gasteiger partial charge in [-0.15, -0.1) is 0 Å². The van der Waals surface area contributed by atoms with Crippen LogP contribution in [0.5, 0.6) is 5.75 Å². The van der Waals surface area contributed by atoms with Crippen molar-refractivity contribution < 1.29 is 4.74 Å². The van der Waals surface area contributed by atoms with Crippen LogP contribution in [-0.4, -0.2) is 6.61 Å². The van der Waals surface area contributed by atoms with E-state index in [1.165, 1.54) is 0 Å². The molecule has 0 aliphatic heterocycles. The van der Waals surface area contributed by atoms with Crippen LogP contribution in [0.15, 0.2) is 34.8 Å². The molecule has 1 rings (SSSR count). The summed E-state index contributed by atoms with van der Waals surface area (Å²) in [5.41, 5.74) is 7.33. The quantitative estimate of drug-likeness (QED) is 0.653. The number of benzene rings is 1. The number of ether oxygens (including phenoxy) is 1. The average molecular weight is 242 g/mol. The molecule has 0 heterocycles. The van der Waals surface area contributed by atoms with Crippen molar-refractivity contribution in [3.63, 3.8) is 0 Å². The Morgan fingerprint density at radius 3 is 2.85 bits per heavy atom. The van der Waals surface area contributed by atoms with Crippen molar-refractivity contribution in [3.8, 4) is 5.75 Å². The molecule has 13 heavy (non-hydrogen) atoms. The van der Waals surface area contributed by atoms with E-state index in [0.717, 1.165) is 10.0 Å². The minimum atomic E-state index is 0.506. The summed E-state index contributed by atoms with van der Waals surface area (Å²) in [5, 5.41) is 0. The molecule has 2 nitrogen and oxygen atoms in total. The van der Waals surface area contributed by atoms with Crippen molar-refractivity contribution in [1.29, 1.82) is 0 Å². The monoisotopic (exact) mass is 241 g/mol. The summed E-state index contributed by atoms with van der Waals surface area (Å²) < 4.78 is 6.36. The first-order chi connectivity index (χ1) is 6.09. The predicted octanol–water partition coefficient (Wildman–Crippen LogP) is 2.99. The normalized spacial score (nSPS) is 9.69. The molecule has 0 aliphatic rings. The van der Waals surface area contributed by atoms with Crippen molar-refractivity contribution in [2.24, 2.45) is 0 Å². The minimum Gasteiger partial charge on any atom is -0.487 e. The summed E-state index contributed by atoms with van der Waals surface area (Å²) >= 11 is 3.32. The zero-order valence-corrected chi connectivity index (χ0v) is 9.10. The Bertz CT molecular complexity index is 323. The fourth-order valence-corrected chi connectivity index (χ4v) is 1.23. The number of nitrogen functional groups attached to an aromatic ring is 1. The Balaban J connectivity index is 2.72. The van der Waals surface area contributed by atoms with Crippen molar-refractivity contribution in [2.75, 3.05) is 12.3 Å². The first-order valence-corrected chi connectivity index (χ1v) is 4.71. The van der Waals surface area contributed by atoms with Gasteiger partial charge in [-0.2, -0.15) is 0 Å². The lowest BCUT2D eigenvalue weighted by Crippen LogP contribution is -2.00. The summed E-state index contributed by atoms with van der Waals surface area (Å²) in [7, 11) is 0. The van der Waals surface area contributed by atoms with E-state index in [0.29, 0.717) is 18.0 Å². The lowest BCUT2D eigenvalue weighted by molar-refractivity contribution is 0.354. The minimum absolute atomic E-state index is 0.506. The van der Waals surface area contributed by atoms with Gasteiger partial charge in [-0.05, 0) is 30.7 Å². The molecule has 2 N–H and O–H groups in total. The van der Waals surface area contributed by atoms with Crippen molar-refractivity contribution in [2.45, 2.75) is 6.92 Å². The lowest BCUT2D eigenvalue weighted by atomic mass is 10.3. The van der Waals surface area contributed by atoms with E-state index in [9.17, 15) is 0 Å². The van der Waals surface area contributed by atoms with E-state index >= 15 is 0 Å². The van der Waals surface area contributed by atoms with E-state index in [-0.39, 0.29) is 0 Å². The Hall–Kier alpha value is -0.960. The molecule has 3 heteroatoms. The molecule has 0 fully saturated rings. The highest BCUT2D eigenvalue weighted by molar-refractivity contribution is 9.10. The fraction of sp³-hybridized carbons (Fsp3) is 0.200. The van der Waals surface area contributed by atoms with Gasteiger partial charge in [0.25, 0.3) is 0 Å².